The van der Waals surface area contributed by atoms with Gasteiger partial charge in [0.1, 0.15) is 6.10 Å². The molecule has 2 aromatic carbocycles. The van der Waals surface area contributed by atoms with Crippen LogP contribution >= 0.6 is 0 Å². The van der Waals surface area contributed by atoms with Crippen molar-refractivity contribution in [2.45, 2.75) is 23.8 Å². The Morgan fingerprint density at radius 1 is 1.04 bits per heavy atom. The maximum absolute atomic E-state index is 12.6. The van der Waals surface area contributed by atoms with Crippen LogP contribution in [0.5, 0.6) is 0 Å². The Balaban J connectivity index is 1.81. The van der Waals surface area contributed by atoms with Crippen LogP contribution in [0.4, 0.5) is 0 Å². The van der Waals surface area contributed by atoms with Crippen LogP contribution in [0.3, 0.4) is 0 Å². The Labute approximate surface area is 140 Å². The van der Waals surface area contributed by atoms with Gasteiger partial charge in [0.2, 0.25) is 0 Å². The number of sulfonamides is 1. The van der Waals surface area contributed by atoms with Gasteiger partial charge >= 0.3 is 0 Å². The molecule has 7 heteroatoms. The van der Waals surface area contributed by atoms with Gasteiger partial charge in [0, 0.05) is 12.2 Å². The van der Waals surface area contributed by atoms with Gasteiger partial charge in [-0.1, -0.05) is 48.5 Å². The van der Waals surface area contributed by atoms with E-state index in [1.165, 1.54) is 6.07 Å². The number of ether oxygens (including phenoxy) is 1. The lowest BCUT2D eigenvalue weighted by molar-refractivity contribution is -0.130. The molecule has 1 atom stereocenters. The third-order valence-electron chi connectivity index (χ3n) is 3.79. The van der Waals surface area contributed by atoms with Crippen molar-refractivity contribution in [2.75, 3.05) is 6.61 Å². The molecule has 1 saturated heterocycles. The number of hydrogen-bond donors (Lipinski definition) is 2. The van der Waals surface area contributed by atoms with Gasteiger partial charge < -0.3 is 4.74 Å². The quantitative estimate of drug-likeness (QED) is 0.809. The summed E-state index contributed by atoms with van der Waals surface area (Å²) in [4.78, 5) is 14.2. The molecule has 0 spiro atoms. The highest BCUT2D eigenvalue weighted by Gasteiger charge is 2.26. The standard InChI is InChI=1S/C17H18N2O4S/c20-17(15-10-6-12-23-15)18-19-24(21,22)16-11-5-4-9-14(16)13-7-2-1-3-8-13/h1-5,7-9,11,15,19H,6,10,12H2,(H,18,20). The summed E-state index contributed by atoms with van der Waals surface area (Å²) in [5.41, 5.74) is 3.59. The molecule has 0 radical (unpaired) electrons. The fourth-order valence-electron chi connectivity index (χ4n) is 2.59. The summed E-state index contributed by atoms with van der Waals surface area (Å²) >= 11 is 0. The zero-order valence-corrected chi connectivity index (χ0v) is 13.8. The van der Waals surface area contributed by atoms with Crippen molar-refractivity contribution in [1.82, 2.24) is 10.3 Å². The summed E-state index contributed by atoms with van der Waals surface area (Å²) in [6, 6.07) is 15.8. The second-order valence-corrected chi connectivity index (χ2v) is 7.11. The Hall–Kier alpha value is -2.22. The molecule has 3 rings (SSSR count). The first kappa shape index (κ1) is 16.6. The second kappa shape index (κ2) is 7.12. The monoisotopic (exact) mass is 346 g/mol. The van der Waals surface area contributed by atoms with E-state index in [1.54, 1.807) is 18.2 Å². The third kappa shape index (κ3) is 3.64. The molecule has 0 aliphatic carbocycles. The van der Waals surface area contributed by atoms with Gasteiger partial charge in [0.05, 0.1) is 4.90 Å². The molecule has 2 aromatic rings. The van der Waals surface area contributed by atoms with Crippen molar-refractivity contribution in [1.29, 1.82) is 0 Å². The van der Waals surface area contributed by atoms with Gasteiger partial charge in [-0.05, 0) is 24.5 Å². The van der Waals surface area contributed by atoms with E-state index in [1.807, 2.05) is 30.3 Å². The fraction of sp³-hybridized carbons (Fsp3) is 0.235. The Morgan fingerprint density at radius 3 is 2.46 bits per heavy atom. The Bertz CT molecular complexity index is 815. The number of carbonyl (C=O) groups is 1. The molecule has 1 fully saturated rings. The number of carbonyl (C=O) groups excluding carboxylic acids is 1. The summed E-state index contributed by atoms with van der Waals surface area (Å²) < 4.78 is 30.4. The number of benzene rings is 2. The van der Waals surface area contributed by atoms with E-state index in [-0.39, 0.29) is 4.90 Å². The van der Waals surface area contributed by atoms with Gasteiger partial charge in [0.25, 0.3) is 15.9 Å². The van der Waals surface area contributed by atoms with Crippen molar-refractivity contribution in [3.63, 3.8) is 0 Å². The minimum absolute atomic E-state index is 0.101. The molecule has 1 heterocycles. The van der Waals surface area contributed by atoms with E-state index < -0.39 is 22.0 Å². The molecular weight excluding hydrogens is 328 g/mol. The van der Waals surface area contributed by atoms with Crippen LogP contribution < -0.4 is 10.3 Å². The molecule has 1 aliphatic rings. The highest BCUT2D eigenvalue weighted by molar-refractivity contribution is 7.89. The average Bonchev–Trinajstić information content (AvgIpc) is 3.15. The lowest BCUT2D eigenvalue weighted by Gasteiger charge is -2.14. The van der Waals surface area contributed by atoms with E-state index in [4.69, 9.17) is 4.74 Å². The highest BCUT2D eigenvalue weighted by Crippen LogP contribution is 2.26. The normalized spacial score (nSPS) is 17.6. The molecule has 1 unspecified atom stereocenters. The second-order valence-electron chi connectivity index (χ2n) is 5.46. The summed E-state index contributed by atoms with van der Waals surface area (Å²) in [5.74, 6) is -0.478. The smallest absolute Gasteiger partial charge is 0.264 e. The lowest BCUT2D eigenvalue weighted by atomic mass is 10.1. The van der Waals surface area contributed by atoms with Gasteiger partial charge in [0.15, 0.2) is 0 Å². The Kier molecular flexibility index (Phi) is 4.94. The number of rotatable bonds is 5. The predicted molar refractivity (Wildman–Crippen MR) is 89.3 cm³/mol. The summed E-state index contributed by atoms with van der Waals surface area (Å²) in [5, 5.41) is 0. The summed E-state index contributed by atoms with van der Waals surface area (Å²) in [6.07, 6.45) is 0.785. The zero-order valence-electron chi connectivity index (χ0n) is 12.9. The average molecular weight is 346 g/mol. The largest absolute Gasteiger partial charge is 0.368 e. The number of hydrogen-bond acceptors (Lipinski definition) is 4. The van der Waals surface area contributed by atoms with E-state index in [0.717, 1.165) is 12.0 Å². The van der Waals surface area contributed by atoms with Crippen molar-refractivity contribution in [3.8, 4) is 11.1 Å². The minimum atomic E-state index is -3.90. The van der Waals surface area contributed by atoms with E-state index >= 15 is 0 Å². The van der Waals surface area contributed by atoms with E-state index in [0.29, 0.717) is 18.6 Å². The molecule has 0 saturated carbocycles. The summed E-state index contributed by atoms with van der Waals surface area (Å²) in [6.45, 7) is 0.516. The zero-order chi connectivity index (χ0) is 17.0. The van der Waals surface area contributed by atoms with Gasteiger partial charge in [-0.3, -0.25) is 10.2 Å². The third-order valence-corrected chi connectivity index (χ3v) is 5.10. The number of amides is 1. The van der Waals surface area contributed by atoms with Crippen LogP contribution in [0.15, 0.2) is 59.5 Å². The lowest BCUT2D eigenvalue weighted by Crippen LogP contribution is -2.46. The molecule has 0 bridgehead atoms. The molecule has 6 nitrogen and oxygen atoms in total. The maximum Gasteiger partial charge on any atom is 0.264 e. The van der Waals surface area contributed by atoms with Crippen LogP contribution in [-0.4, -0.2) is 27.0 Å². The molecule has 126 valence electrons. The maximum atomic E-state index is 12.6. The van der Waals surface area contributed by atoms with Gasteiger partial charge in [-0.25, -0.2) is 8.42 Å². The van der Waals surface area contributed by atoms with Crippen molar-refractivity contribution < 1.29 is 17.9 Å². The summed E-state index contributed by atoms with van der Waals surface area (Å²) in [7, 11) is -3.90. The topological polar surface area (TPSA) is 84.5 Å². The van der Waals surface area contributed by atoms with Crippen molar-refractivity contribution >= 4 is 15.9 Å². The SMILES string of the molecule is O=C(NNS(=O)(=O)c1ccccc1-c1ccccc1)C1CCCO1. The number of hydrazine groups is 1. The van der Waals surface area contributed by atoms with Crippen LogP contribution in [0.2, 0.25) is 0 Å². The first-order valence-electron chi connectivity index (χ1n) is 7.66. The minimum Gasteiger partial charge on any atom is -0.368 e. The molecule has 0 aromatic heterocycles. The molecule has 2 N–H and O–H groups in total. The van der Waals surface area contributed by atoms with Crippen molar-refractivity contribution in [3.05, 3.63) is 54.6 Å². The molecular formula is C17H18N2O4S. The molecule has 1 amide bonds. The predicted octanol–water partition coefficient (Wildman–Crippen LogP) is 1.84. The van der Waals surface area contributed by atoms with Crippen LogP contribution in [-0.2, 0) is 19.6 Å². The van der Waals surface area contributed by atoms with Gasteiger partial charge in [-0.15, -0.1) is 4.83 Å². The molecule has 1 aliphatic heterocycles. The first-order chi connectivity index (χ1) is 11.6. The fourth-order valence-corrected chi connectivity index (χ4v) is 3.67. The van der Waals surface area contributed by atoms with Crippen LogP contribution in [0.1, 0.15) is 12.8 Å². The van der Waals surface area contributed by atoms with E-state index in [2.05, 4.69) is 10.3 Å². The van der Waals surface area contributed by atoms with Crippen LogP contribution in [0.25, 0.3) is 11.1 Å². The highest BCUT2D eigenvalue weighted by atomic mass is 32.2. The Morgan fingerprint density at radius 2 is 1.75 bits per heavy atom. The van der Waals surface area contributed by atoms with Gasteiger partial charge in [-0.2, -0.15) is 0 Å². The van der Waals surface area contributed by atoms with Crippen LogP contribution in [0, 0.1) is 0 Å². The molecule has 24 heavy (non-hydrogen) atoms. The van der Waals surface area contributed by atoms with Crippen molar-refractivity contribution in [2.24, 2.45) is 0 Å². The first-order valence-corrected chi connectivity index (χ1v) is 9.14. The van der Waals surface area contributed by atoms with E-state index in [9.17, 15) is 13.2 Å². The number of nitrogens with one attached hydrogen (secondary N) is 2.